The number of ether oxygens (including phenoxy) is 2. The summed E-state index contributed by atoms with van der Waals surface area (Å²) < 4.78 is 73.3. The third-order valence-corrected chi connectivity index (χ3v) is 5.11. The fourth-order valence-electron chi connectivity index (χ4n) is 3.37. The first-order valence-electron chi connectivity index (χ1n) is 11.1. The fourth-order valence-corrected chi connectivity index (χ4v) is 3.37. The summed E-state index contributed by atoms with van der Waals surface area (Å²) in [6, 6.07) is 11.8. The highest BCUT2D eigenvalue weighted by Crippen LogP contribution is 2.27. The van der Waals surface area contributed by atoms with Gasteiger partial charge in [0.05, 0.1) is 13.0 Å². The summed E-state index contributed by atoms with van der Waals surface area (Å²) in [5.74, 6) is -0.456. The molecule has 0 N–H and O–H groups in total. The minimum Gasteiger partial charge on any atom is -0.406 e. The first kappa shape index (κ1) is 26.1. The van der Waals surface area contributed by atoms with Crippen LogP contribution < -0.4 is 4.74 Å². The average Bonchev–Trinajstić information content (AvgIpc) is 2.73. The van der Waals surface area contributed by atoms with Crippen molar-refractivity contribution < 1.29 is 31.4 Å². The Labute approximate surface area is 186 Å². The maximum absolute atomic E-state index is 14.1. The van der Waals surface area contributed by atoms with Gasteiger partial charge in [-0.1, -0.05) is 81.8 Å². The van der Waals surface area contributed by atoms with Crippen LogP contribution in [0.25, 0.3) is 0 Å². The first-order chi connectivity index (χ1) is 15.2. The van der Waals surface area contributed by atoms with Crippen molar-refractivity contribution in [1.29, 1.82) is 0 Å². The SMILES string of the molecule is CCCCCCCCCc1ccc(COC(F)(F)Cc2ccc(OC(F)(F)F)cc2)cc1. The van der Waals surface area contributed by atoms with E-state index in [1.54, 1.807) is 12.1 Å². The van der Waals surface area contributed by atoms with Crippen LogP contribution in [-0.4, -0.2) is 12.5 Å². The molecule has 0 fully saturated rings. The van der Waals surface area contributed by atoms with E-state index in [1.165, 1.54) is 44.1 Å². The summed E-state index contributed by atoms with van der Waals surface area (Å²) in [6.45, 7) is 1.95. The normalized spacial score (nSPS) is 12.2. The molecule has 2 nitrogen and oxygen atoms in total. The van der Waals surface area contributed by atoms with Gasteiger partial charge in [0.25, 0.3) is 0 Å². The van der Waals surface area contributed by atoms with Crippen LogP contribution in [0.3, 0.4) is 0 Å². The molecule has 0 aliphatic carbocycles. The van der Waals surface area contributed by atoms with Crippen molar-refractivity contribution in [2.24, 2.45) is 0 Å². The molecule has 2 aromatic rings. The lowest BCUT2D eigenvalue weighted by Crippen LogP contribution is -2.23. The Bertz CT molecular complexity index is 770. The number of rotatable bonds is 14. The molecule has 0 amide bonds. The second-order valence-electron chi connectivity index (χ2n) is 7.98. The molecule has 32 heavy (non-hydrogen) atoms. The molecule has 0 aliphatic heterocycles. The molecule has 2 aromatic carbocycles. The van der Waals surface area contributed by atoms with Crippen LogP contribution in [0.1, 0.15) is 68.6 Å². The second kappa shape index (κ2) is 12.8. The van der Waals surface area contributed by atoms with Gasteiger partial charge in [-0.15, -0.1) is 13.2 Å². The van der Waals surface area contributed by atoms with Crippen molar-refractivity contribution in [2.45, 2.75) is 83.8 Å². The zero-order valence-corrected chi connectivity index (χ0v) is 18.4. The summed E-state index contributed by atoms with van der Waals surface area (Å²) in [6.07, 6.45) is 0.658. The molecule has 0 heterocycles. The lowest BCUT2D eigenvalue weighted by atomic mass is 10.0. The van der Waals surface area contributed by atoms with E-state index < -0.39 is 24.6 Å². The zero-order valence-electron chi connectivity index (χ0n) is 18.4. The van der Waals surface area contributed by atoms with Crippen LogP contribution in [0.15, 0.2) is 48.5 Å². The molecule has 0 atom stereocenters. The van der Waals surface area contributed by atoms with Crippen molar-refractivity contribution >= 4 is 0 Å². The molecule has 0 radical (unpaired) electrons. The maximum Gasteiger partial charge on any atom is 0.573 e. The number of halogens is 5. The third-order valence-electron chi connectivity index (χ3n) is 5.11. The molecule has 0 unspecified atom stereocenters. The Morgan fingerprint density at radius 2 is 1.19 bits per heavy atom. The maximum atomic E-state index is 14.1. The smallest absolute Gasteiger partial charge is 0.406 e. The predicted molar refractivity (Wildman–Crippen MR) is 115 cm³/mol. The minimum atomic E-state index is -4.82. The molecule has 0 saturated heterocycles. The van der Waals surface area contributed by atoms with Gasteiger partial charge in [0.15, 0.2) is 0 Å². The van der Waals surface area contributed by atoms with Gasteiger partial charge >= 0.3 is 12.5 Å². The zero-order chi connectivity index (χ0) is 23.5. The molecule has 0 spiro atoms. The third kappa shape index (κ3) is 10.9. The standard InChI is InChI=1S/C25H31F5O2/c1-2-3-4-5-6-7-8-9-20-10-12-22(13-11-20)19-31-24(26,27)18-21-14-16-23(17-15-21)32-25(28,29)30/h10-17H,2-9,18-19H2,1H3. The van der Waals surface area contributed by atoms with Gasteiger partial charge in [-0.05, 0) is 41.7 Å². The second-order valence-corrected chi connectivity index (χ2v) is 7.98. The molecule has 178 valence electrons. The molecule has 0 saturated carbocycles. The lowest BCUT2D eigenvalue weighted by Gasteiger charge is -2.17. The Morgan fingerprint density at radius 3 is 1.78 bits per heavy atom. The number of alkyl halides is 5. The van der Waals surface area contributed by atoms with Gasteiger partial charge in [-0.25, -0.2) is 0 Å². The molecular weight excluding hydrogens is 427 g/mol. The summed E-state index contributed by atoms with van der Waals surface area (Å²) in [5, 5.41) is 0. The van der Waals surface area contributed by atoms with Gasteiger partial charge in [0, 0.05) is 0 Å². The summed E-state index contributed by atoms with van der Waals surface area (Å²) in [7, 11) is 0. The van der Waals surface area contributed by atoms with Crippen molar-refractivity contribution in [3.63, 3.8) is 0 Å². The van der Waals surface area contributed by atoms with E-state index in [1.807, 2.05) is 12.1 Å². The average molecular weight is 459 g/mol. The van der Waals surface area contributed by atoms with E-state index in [2.05, 4.69) is 11.7 Å². The number of unbranched alkanes of at least 4 members (excludes halogenated alkanes) is 6. The largest absolute Gasteiger partial charge is 0.573 e. The summed E-state index contributed by atoms with van der Waals surface area (Å²) >= 11 is 0. The van der Waals surface area contributed by atoms with Crippen LogP contribution in [0, 0.1) is 0 Å². The molecule has 0 bridgehead atoms. The van der Waals surface area contributed by atoms with Gasteiger partial charge in [-0.3, -0.25) is 0 Å². The Kier molecular flexibility index (Phi) is 10.4. The van der Waals surface area contributed by atoms with Gasteiger partial charge in [0.2, 0.25) is 0 Å². The lowest BCUT2D eigenvalue weighted by molar-refractivity contribution is -0.274. The van der Waals surface area contributed by atoms with Gasteiger partial charge < -0.3 is 9.47 Å². The fraction of sp³-hybridized carbons (Fsp3) is 0.520. The highest BCUT2D eigenvalue weighted by molar-refractivity contribution is 5.28. The van der Waals surface area contributed by atoms with E-state index >= 15 is 0 Å². The highest BCUT2D eigenvalue weighted by Gasteiger charge is 2.32. The Balaban J connectivity index is 1.72. The summed E-state index contributed by atoms with van der Waals surface area (Å²) in [4.78, 5) is 0. The topological polar surface area (TPSA) is 18.5 Å². The van der Waals surface area contributed by atoms with E-state index in [4.69, 9.17) is 4.74 Å². The molecule has 0 aromatic heterocycles. The highest BCUT2D eigenvalue weighted by atomic mass is 19.4. The van der Waals surface area contributed by atoms with Crippen LogP contribution in [0.5, 0.6) is 5.75 Å². The molecule has 7 heteroatoms. The monoisotopic (exact) mass is 458 g/mol. The molecular formula is C25H31F5O2. The van der Waals surface area contributed by atoms with E-state index in [0.29, 0.717) is 5.56 Å². The van der Waals surface area contributed by atoms with Crippen LogP contribution in [0.4, 0.5) is 22.0 Å². The Hall–Kier alpha value is -2.15. The van der Waals surface area contributed by atoms with E-state index in [0.717, 1.165) is 37.1 Å². The number of hydrogen-bond acceptors (Lipinski definition) is 2. The van der Waals surface area contributed by atoms with Crippen molar-refractivity contribution in [3.8, 4) is 5.75 Å². The first-order valence-corrected chi connectivity index (χ1v) is 11.1. The van der Waals surface area contributed by atoms with Crippen LogP contribution in [-0.2, 0) is 24.2 Å². The quantitative estimate of drug-likeness (QED) is 0.210. The number of aryl methyl sites for hydroxylation is 1. The van der Waals surface area contributed by atoms with E-state index in [9.17, 15) is 22.0 Å². The molecule has 2 rings (SSSR count). The van der Waals surface area contributed by atoms with Gasteiger partial charge in [0.1, 0.15) is 5.75 Å². The minimum absolute atomic E-state index is 0.148. The van der Waals surface area contributed by atoms with E-state index in [-0.39, 0.29) is 12.2 Å². The van der Waals surface area contributed by atoms with Gasteiger partial charge in [-0.2, -0.15) is 8.78 Å². The number of benzene rings is 2. The van der Waals surface area contributed by atoms with Crippen molar-refractivity contribution in [2.75, 3.05) is 0 Å². The summed E-state index contributed by atoms with van der Waals surface area (Å²) in [5.41, 5.74) is 1.96. The van der Waals surface area contributed by atoms with Crippen LogP contribution >= 0.6 is 0 Å². The van der Waals surface area contributed by atoms with Crippen molar-refractivity contribution in [1.82, 2.24) is 0 Å². The molecule has 0 aliphatic rings. The predicted octanol–water partition coefficient (Wildman–Crippen LogP) is 8.23. The Morgan fingerprint density at radius 1 is 0.656 bits per heavy atom. The van der Waals surface area contributed by atoms with Crippen molar-refractivity contribution in [3.05, 3.63) is 65.2 Å². The number of hydrogen-bond donors (Lipinski definition) is 0. The van der Waals surface area contributed by atoms with Crippen LogP contribution in [0.2, 0.25) is 0 Å².